The van der Waals surface area contributed by atoms with Crippen molar-refractivity contribution in [3.8, 4) is 29.6 Å². The van der Waals surface area contributed by atoms with Gasteiger partial charge in [-0.3, -0.25) is 4.79 Å². The normalized spacial score (nSPS) is 12.2. The minimum atomic E-state index is -3.37. The van der Waals surface area contributed by atoms with E-state index in [1.165, 1.54) is 44.8 Å². The Bertz CT molecular complexity index is 1430. The third-order valence-corrected chi connectivity index (χ3v) is 6.79. The number of carbonyl (C=O) groups excluding carboxylic acids is 1. The molecule has 0 N–H and O–H groups in total. The highest BCUT2D eigenvalue weighted by atomic mass is 32.2. The lowest BCUT2D eigenvalue weighted by Gasteiger charge is -2.12. The van der Waals surface area contributed by atoms with Crippen molar-refractivity contribution in [1.82, 2.24) is 4.57 Å². The monoisotopic (exact) mass is 486 g/mol. The van der Waals surface area contributed by atoms with E-state index >= 15 is 0 Å². The molecular weight excluding hydrogens is 464 g/mol. The predicted molar refractivity (Wildman–Crippen MR) is 127 cm³/mol. The fourth-order valence-corrected chi connectivity index (χ4v) is 4.91. The van der Waals surface area contributed by atoms with E-state index in [1.54, 1.807) is 34.9 Å². The van der Waals surface area contributed by atoms with Crippen molar-refractivity contribution in [2.45, 2.75) is 11.4 Å². The lowest BCUT2D eigenvalue weighted by molar-refractivity contribution is -0.113. The van der Waals surface area contributed by atoms with Gasteiger partial charge in [-0.1, -0.05) is 17.3 Å². The molecule has 0 saturated heterocycles. The molecule has 8 nitrogen and oxygen atoms in total. The van der Waals surface area contributed by atoms with Crippen molar-refractivity contribution in [3.63, 3.8) is 0 Å². The van der Waals surface area contributed by atoms with Crippen LogP contribution in [0, 0.1) is 12.3 Å². The summed E-state index contributed by atoms with van der Waals surface area (Å²) >= 11 is 1.19. The number of methoxy groups -OCH3 is 3. The molecule has 1 aromatic heterocycles. The molecule has 0 unspecified atom stereocenters. The number of rotatable bonds is 7. The number of thiazole rings is 1. The maximum Gasteiger partial charge on any atom is 0.272 e. The molecule has 3 rings (SSSR count). The summed E-state index contributed by atoms with van der Waals surface area (Å²) in [5, 5.41) is 0. The standard InChI is InChI=1S/C23H22N2O6S2/c1-6-11-25-17-9-8-16(33(5,27)28)14-20(17)32-23(25)24-21(26)10-7-15-12-18(29-2)22(31-4)19(13-15)30-3/h1,7-10,12-14H,11H2,2-5H3. The molecule has 1 amide bonds. The molecule has 0 saturated carbocycles. The number of ether oxygens (including phenoxy) is 3. The van der Waals surface area contributed by atoms with Crippen molar-refractivity contribution in [2.24, 2.45) is 4.99 Å². The highest BCUT2D eigenvalue weighted by Gasteiger charge is 2.13. The number of nitrogens with zero attached hydrogens (tertiary/aromatic N) is 2. The third kappa shape index (κ3) is 5.27. The summed E-state index contributed by atoms with van der Waals surface area (Å²) in [7, 11) is 1.15. The number of sulfone groups is 1. The Kier molecular flexibility index (Phi) is 7.26. The minimum Gasteiger partial charge on any atom is -0.493 e. The molecule has 10 heteroatoms. The van der Waals surface area contributed by atoms with E-state index in [-0.39, 0.29) is 11.4 Å². The largest absolute Gasteiger partial charge is 0.493 e. The van der Waals surface area contributed by atoms with Crippen LogP contribution >= 0.6 is 11.3 Å². The van der Waals surface area contributed by atoms with Gasteiger partial charge in [0, 0.05) is 12.3 Å². The van der Waals surface area contributed by atoms with Crippen LogP contribution < -0.4 is 19.0 Å². The maximum absolute atomic E-state index is 12.6. The zero-order valence-electron chi connectivity index (χ0n) is 18.5. The van der Waals surface area contributed by atoms with Crippen molar-refractivity contribution in [3.05, 3.63) is 46.8 Å². The number of hydrogen-bond acceptors (Lipinski definition) is 7. The molecule has 2 aromatic carbocycles. The summed E-state index contributed by atoms with van der Waals surface area (Å²) in [6, 6.07) is 8.13. The molecular formula is C23H22N2O6S2. The zero-order valence-corrected chi connectivity index (χ0v) is 20.1. The van der Waals surface area contributed by atoms with Crippen LogP contribution in [0.1, 0.15) is 5.56 Å². The molecule has 0 aliphatic carbocycles. The molecule has 0 fully saturated rings. The Morgan fingerprint density at radius 1 is 1.15 bits per heavy atom. The smallest absolute Gasteiger partial charge is 0.272 e. The van der Waals surface area contributed by atoms with Gasteiger partial charge in [0.05, 0.1) is 43.0 Å². The average molecular weight is 487 g/mol. The topological polar surface area (TPSA) is 96.2 Å². The van der Waals surface area contributed by atoms with Gasteiger partial charge in [-0.25, -0.2) is 8.42 Å². The Balaban J connectivity index is 2.02. The van der Waals surface area contributed by atoms with Crippen LogP contribution in [-0.4, -0.2) is 46.5 Å². The molecule has 0 bridgehead atoms. The Morgan fingerprint density at radius 2 is 1.82 bits per heavy atom. The van der Waals surface area contributed by atoms with Crippen molar-refractivity contribution in [2.75, 3.05) is 27.6 Å². The van der Waals surface area contributed by atoms with Gasteiger partial charge < -0.3 is 18.8 Å². The molecule has 0 atom stereocenters. The van der Waals surface area contributed by atoms with Gasteiger partial charge in [-0.05, 0) is 42.0 Å². The fourth-order valence-electron chi connectivity index (χ4n) is 3.11. The molecule has 0 aliphatic heterocycles. The fraction of sp³-hybridized carbons (Fsp3) is 0.217. The van der Waals surface area contributed by atoms with Crippen LogP contribution in [-0.2, 0) is 21.2 Å². The number of hydrogen-bond donors (Lipinski definition) is 0. The number of terminal acetylenes is 1. The van der Waals surface area contributed by atoms with E-state index < -0.39 is 15.7 Å². The highest BCUT2D eigenvalue weighted by Crippen LogP contribution is 2.38. The van der Waals surface area contributed by atoms with Crippen LogP contribution in [0.2, 0.25) is 0 Å². The number of aromatic nitrogens is 1. The van der Waals surface area contributed by atoms with Gasteiger partial charge >= 0.3 is 0 Å². The van der Waals surface area contributed by atoms with Gasteiger partial charge in [0.2, 0.25) is 5.75 Å². The van der Waals surface area contributed by atoms with Crippen LogP contribution in [0.3, 0.4) is 0 Å². The number of benzene rings is 2. The van der Waals surface area contributed by atoms with Crippen LogP contribution in [0.15, 0.2) is 46.3 Å². The average Bonchev–Trinajstić information content (AvgIpc) is 3.12. The zero-order chi connectivity index (χ0) is 24.2. The Labute approximate surface area is 195 Å². The van der Waals surface area contributed by atoms with Crippen molar-refractivity contribution in [1.29, 1.82) is 0 Å². The van der Waals surface area contributed by atoms with Crippen LogP contribution in [0.5, 0.6) is 17.2 Å². The summed E-state index contributed by atoms with van der Waals surface area (Å²) in [5.41, 5.74) is 1.35. The maximum atomic E-state index is 12.6. The molecule has 1 heterocycles. The van der Waals surface area contributed by atoms with Crippen molar-refractivity contribution >= 4 is 43.4 Å². The second-order valence-electron chi connectivity index (χ2n) is 6.82. The third-order valence-electron chi connectivity index (χ3n) is 4.64. The van der Waals surface area contributed by atoms with Crippen LogP contribution in [0.4, 0.5) is 0 Å². The van der Waals surface area contributed by atoms with E-state index in [1.807, 2.05) is 0 Å². The summed E-state index contributed by atoms with van der Waals surface area (Å²) in [4.78, 5) is 17.3. The summed E-state index contributed by atoms with van der Waals surface area (Å²) < 4.78 is 42.0. The number of fused-ring (bicyclic) bond motifs is 1. The molecule has 172 valence electrons. The lowest BCUT2D eigenvalue weighted by Crippen LogP contribution is -2.15. The van der Waals surface area contributed by atoms with E-state index in [9.17, 15) is 13.2 Å². The molecule has 33 heavy (non-hydrogen) atoms. The lowest BCUT2D eigenvalue weighted by atomic mass is 10.1. The quantitative estimate of drug-likeness (QED) is 0.376. The second kappa shape index (κ2) is 9.94. The SMILES string of the molecule is C#CCn1c(=NC(=O)C=Cc2cc(OC)c(OC)c(OC)c2)sc2cc(S(C)(=O)=O)ccc21. The number of carbonyl (C=O) groups is 1. The molecule has 0 spiro atoms. The van der Waals surface area contributed by atoms with Gasteiger partial charge in [0.15, 0.2) is 26.1 Å². The Hall–Kier alpha value is -3.55. The summed E-state index contributed by atoms with van der Waals surface area (Å²) in [6.07, 6.45) is 9.52. The highest BCUT2D eigenvalue weighted by molar-refractivity contribution is 7.90. The van der Waals surface area contributed by atoms with Gasteiger partial charge in [0.25, 0.3) is 5.91 Å². The first-order valence-electron chi connectivity index (χ1n) is 9.55. The van der Waals surface area contributed by atoms with Crippen molar-refractivity contribution < 1.29 is 27.4 Å². The first-order chi connectivity index (χ1) is 15.7. The Morgan fingerprint density at radius 3 is 2.36 bits per heavy atom. The molecule has 3 aromatic rings. The van der Waals surface area contributed by atoms with Gasteiger partial charge in [-0.15, -0.1) is 6.42 Å². The van der Waals surface area contributed by atoms with Gasteiger partial charge in [-0.2, -0.15) is 4.99 Å². The van der Waals surface area contributed by atoms with E-state index in [0.717, 1.165) is 6.26 Å². The van der Waals surface area contributed by atoms with Crippen LogP contribution in [0.25, 0.3) is 16.3 Å². The number of amides is 1. The first-order valence-corrected chi connectivity index (χ1v) is 12.3. The molecule has 0 radical (unpaired) electrons. The second-order valence-corrected chi connectivity index (χ2v) is 9.84. The summed E-state index contributed by atoms with van der Waals surface area (Å²) in [5.74, 6) is 3.39. The molecule has 0 aliphatic rings. The first kappa shape index (κ1) is 24.1. The van der Waals surface area contributed by atoms with Gasteiger partial charge in [0.1, 0.15) is 0 Å². The minimum absolute atomic E-state index is 0.181. The predicted octanol–water partition coefficient (Wildman–Crippen LogP) is 2.91. The van der Waals surface area contributed by atoms with E-state index in [4.69, 9.17) is 20.6 Å². The van der Waals surface area contributed by atoms with E-state index in [0.29, 0.717) is 37.8 Å². The summed E-state index contributed by atoms with van der Waals surface area (Å²) in [6.45, 7) is 0.181. The van der Waals surface area contributed by atoms with E-state index in [2.05, 4.69) is 10.9 Å².